The smallest absolute Gasteiger partial charge is 0 e. The minimum Gasteiger partial charge on any atom is 0 e. The molecule has 0 aromatic rings. The van der Waals surface area contributed by atoms with Crippen molar-refractivity contribution in [1.82, 2.24) is 0 Å². The van der Waals surface area contributed by atoms with Crippen molar-refractivity contribution in [3.8, 4) is 0 Å². The Morgan fingerprint density at radius 1 is 1.20 bits per heavy atom. The summed E-state index contributed by atoms with van der Waals surface area (Å²) in [6.45, 7) is 0. The summed E-state index contributed by atoms with van der Waals surface area (Å²) in [7, 11) is 0. The van der Waals surface area contributed by atoms with Crippen LogP contribution in [0.5, 0.6) is 0 Å². The van der Waals surface area contributed by atoms with Gasteiger partial charge in [-0.25, -0.2) is 0 Å². The van der Waals surface area contributed by atoms with Crippen LogP contribution in [0.4, 0.5) is 0 Å². The van der Waals surface area contributed by atoms with Crippen LogP contribution in [0.15, 0.2) is 0 Å². The third kappa shape index (κ3) is 23.0. The molecule has 32 valence electrons. The molecule has 5 heteroatoms. The monoisotopic (exact) mass is 194 g/mol. The molecule has 1 radical (unpaired) electrons. The molecule has 0 amide bonds. The van der Waals surface area contributed by atoms with Gasteiger partial charge in [0.15, 0.2) is 0 Å². The number of hydrogen-bond donors (Lipinski definition) is 0. The Morgan fingerprint density at radius 3 is 1.20 bits per heavy atom. The van der Waals surface area contributed by atoms with E-state index < -0.39 is 0 Å². The number of hydrogen-bond acceptors (Lipinski definition) is 1. The Morgan fingerprint density at radius 2 is 1.20 bits per heavy atom. The summed E-state index contributed by atoms with van der Waals surface area (Å²) in [5.74, 6) is 0. The Balaban J connectivity index is -0.00000000167. The maximum absolute atomic E-state index is 7.94. The van der Waals surface area contributed by atoms with Gasteiger partial charge in [0.2, 0.25) is 0 Å². The van der Waals surface area contributed by atoms with Gasteiger partial charge in [0, 0.05) is 38.8 Å². The summed E-state index contributed by atoms with van der Waals surface area (Å²) < 4.78 is 7.94. The van der Waals surface area contributed by atoms with E-state index in [1.54, 1.807) is 0 Å². The summed E-state index contributed by atoms with van der Waals surface area (Å²) >= 11 is 2.31. The summed E-state index contributed by atoms with van der Waals surface area (Å²) in [6.07, 6.45) is 0. The van der Waals surface area contributed by atoms with Crippen molar-refractivity contribution in [2.45, 2.75) is 0 Å². The van der Waals surface area contributed by atoms with Crippen molar-refractivity contribution >= 4 is 18.9 Å². The predicted molar refractivity (Wildman–Crippen MR) is 7.84 cm³/mol. The quantitative estimate of drug-likeness (QED) is 0.463. The normalized spacial score (nSPS) is 1.00. The van der Waals surface area contributed by atoms with Gasteiger partial charge < -0.3 is 0 Å². The fourth-order valence-corrected chi connectivity index (χ4v) is 0. The third-order valence-electron chi connectivity index (χ3n) is 0. The largest absolute Gasteiger partial charge is 0 e. The van der Waals surface area contributed by atoms with Crippen molar-refractivity contribution in [3.05, 3.63) is 0 Å². The van der Waals surface area contributed by atoms with Crippen LogP contribution in [0.2, 0.25) is 0 Å². The molecule has 0 atom stereocenters. The molecular weight excluding hydrogens is 193 g/mol. The van der Waals surface area contributed by atoms with Crippen molar-refractivity contribution < 1.29 is 58.3 Å². The summed E-state index contributed by atoms with van der Waals surface area (Å²) in [5, 5.41) is 0. The first-order valence-electron chi connectivity index (χ1n) is 0.136. The van der Waals surface area contributed by atoms with E-state index in [1.807, 2.05) is 0 Å². The maximum atomic E-state index is 7.94. The van der Waals surface area contributed by atoms with Gasteiger partial charge in [0.1, 0.15) is 0 Å². The average molecular weight is 194 g/mol. The molecule has 0 aromatic heterocycles. The molecule has 0 aliphatic carbocycles. The van der Waals surface area contributed by atoms with Crippen LogP contribution < -0.4 is 0 Å². The van der Waals surface area contributed by atoms with Gasteiger partial charge in [-0.05, 0) is 0 Å². The Kier molecular flexibility index (Phi) is 194. The second-order valence-electron chi connectivity index (χ2n) is 0. The van der Waals surface area contributed by atoms with E-state index in [0.717, 1.165) is 0 Å². The average Bonchev–Trinajstić information content (AvgIpc) is 1.00. The maximum Gasteiger partial charge on any atom is 0 e. The van der Waals surface area contributed by atoms with Gasteiger partial charge in [-0.2, -0.15) is 0 Å². The number of rotatable bonds is 0. The summed E-state index contributed by atoms with van der Waals surface area (Å²) in [4.78, 5) is 0. The van der Waals surface area contributed by atoms with Crippen LogP contribution in [-0.2, 0) is 58.3 Å². The summed E-state index contributed by atoms with van der Waals surface area (Å²) in [6, 6.07) is 0. The van der Waals surface area contributed by atoms with Crippen LogP contribution in [-0.4, -0.2) is 18.9 Å². The molecule has 0 fully saturated rings. The Hall–Kier alpha value is 2.14. The predicted octanol–water partition coefficient (Wildman–Crippen LogP) is -0.775. The molecule has 0 spiro atoms. The molecule has 0 aliphatic rings. The molecule has 0 N–H and O–H groups in total. The standard InChI is InChI=1S/Co.Cu.Li.O.Ti.H. The van der Waals surface area contributed by atoms with Crippen LogP contribution in [0.1, 0.15) is 0 Å². The van der Waals surface area contributed by atoms with E-state index in [1.165, 1.54) is 0 Å². The van der Waals surface area contributed by atoms with Crippen LogP contribution in [0, 0.1) is 0 Å². The van der Waals surface area contributed by atoms with E-state index in [-0.39, 0.29) is 57.6 Å². The molecular formula is HCoCuLiOTi. The van der Waals surface area contributed by atoms with E-state index >= 15 is 0 Å². The fourth-order valence-electron chi connectivity index (χ4n) is 0. The first-order valence-corrected chi connectivity index (χ1v) is 0.561. The first kappa shape index (κ1) is 27.3. The zero-order valence-corrected chi connectivity index (χ0v) is 5.09. The van der Waals surface area contributed by atoms with Crippen LogP contribution >= 0.6 is 0 Å². The summed E-state index contributed by atoms with van der Waals surface area (Å²) in [5.41, 5.74) is 0. The molecule has 1 nitrogen and oxygen atoms in total. The zero-order chi connectivity index (χ0) is 2.00. The van der Waals surface area contributed by atoms with E-state index in [2.05, 4.69) is 15.7 Å². The molecule has 5 heavy (non-hydrogen) atoms. The van der Waals surface area contributed by atoms with Gasteiger partial charge in [0.05, 0.1) is 0 Å². The van der Waals surface area contributed by atoms with Crippen molar-refractivity contribution in [3.63, 3.8) is 0 Å². The second kappa shape index (κ2) is 35.5. The van der Waals surface area contributed by atoms with Gasteiger partial charge in [-0.15, -0.1) is 0 Å². The topological polar surface area (TPSA) is 17.1 Å². The fraction of sp³-hybridized carbons (Fsp3) is 0. The molecule has 0 rings (SSSR count). The van der Waals surface area contributed by atoms with E-state index in [9.17, 15) is 0 Å². The first-order chi connectivity index (χ1) is 1.00. The SMILES string of the molecule is [Cu].[LiH].[O]=[Co].[Ti]. The van der Waals surface area contributed by atoms with Crippen molar-refractivity contribution in [1.29, 1.82) is 0 Å². The zero-order valence-electron chi connectivity index (χ0n) is 1.54. The minimum absolute atomic E-state index is 0. The Bertz CT molecular complexity index is 11.6. The van der Waals surface area contributed by atoms with Gasteiger partial charge in [0.25, 0.3) is 0 Å². The second-order valence-corrected chi connectivity index (χ2v) is 0. The molecule has 0 heterocycles. The molecule has 0 aliphatic heterocycles. The molecule has 0 saturated carbocycles. The van der Waals surface area contributed by atoms with Crippen molar-refractivity contribution in [2.75, 3.05) is 0 Å². The molecule has 0 bridgehead atoms. The van der Waals surface area contributed by atoms with E-state index in [4.69, 9.17) is 3.87 Å². The minimum atomic E-state index is 0. The molecule has 0 aromatic carbocycles. The van der Waals surface area contributed by atoms with Crippen LogP contribution in [0.3, 0.4) is 0 Å². The van der Waals surface area contributed by atoms with Crippen LogP contribution in [0.25, 0.3) is 0 Å². The van der Waals surface area contributed by atoms with Gasteiger partial charge in [-0.3, -0.25) is 0 Å². The van der Waals surface area contributed by atoms with Gasteiger partial charge >= 0.3 is 38.4 Å². The Labute approximate surface area is 76.3 Å². The molecule has 0 unspecified atom stereocenters. The van der Waals surface area contributed by atoms with Crippen molar-refractivity contribution in [2.24, 2.45) is 0 Å². The van der Waals surface area contributed by atoms with E-state index in [0.29, 0.717) is 0 Å². The third-order valence-corrected chi connectivity index (χ3v) is 0. The van der Waals surface area contributed by atoms with Gasteiger partial charge in [-0.1, -0.05) is 0 Å². The molecule has 0 saturated heterocycles.